The largest absolute Gasteiger partial charge is 0.396 e. The fourth-order valence-electron chi connectivity index (χ4n) is 4.66. The molecule has 0 bridgehead atoms. The van der Waals surface area contributed by atoms with Gasteiger partial charge in [-0.1, -0.05) is 24.3 Å². The van der Waals surface area contributed by atoms with Crippen LogP contribution in [-0.4, -0.2) is 45.8 Å². The van der Waals surface area contributed by atoms with Crippen molar-refractivity contribution >= 4 is 16.8 Å². The zero-order valence-corrected chi connectivity index (χ0v) is 14.4. The van der Waals surface area contributed by atoms with Crippen LogP contribution in [0.25, 0.3) is 10.9 Å². The molecule has 1 aromatic heterocycles. The molecule has 2 aliphatic rings. The van der Waals surface area contributed by atoms with Crippen LogP contribution in [0, 0.1) is 11.8 Å². The van der Waals surface area contributed by atoms with Crippen molar-refractivity contribution in [3.05, 3.63) is 47.2 Å². The average Bonchev–Trinajstić information content (AvgIpc) is 3.02. The number of aromatic nitrogens is 1. The smallest absolute Gasteiger partial charge is 0.229 e. The normalized spacial score (nSPS) is 26.7. The highest BCUT2D eigenvalue weighted by Gasteiger charge is 2.45. The van der Waals surface area contributed by atoms with Gasteiger partial charge >= 0.3 is 0 Å². The number of amides is 1. The Hall–Kier alpha value is -2.11. The molecule has 0 radical (unpaired) electrons. The maximum absolute atomic E-state index is 13.0. The third-order valence-corrected chi connectivity index (χ3v) is 5.95. The fourth-order valence-corrected chi connectivity index (χ4v) is 4.66. The van der Waals surface area contributed by atoms with Gasteiger partial charge in [0.1, 0.15) is 0 Å². The van der Waals surface area contributed by atoms with E-state index in [4.69, 9.17) is 0 Å². The molecule has 0 spiro atoms. The van der Waals surface area contributed by atoms with Gasteiger partial charge in [-0.15, -0.1) is 0 Å². The third kappa shape index (κ3) is 2.41. The Bertz CT molecular complexity index is 839. The molecule has 0 saturated carbocycles. The minimum atomic E-state index is -0.458. The number of fused-ring (bicyclic) bond motifs is 5. The molecule has 25 heavy (non-hydrogen) atoms. The minimum absolute atomic E-state index is 0.000793. The Kier molecular flexibility index (Phi) is 4.13. The second-order valence-electron chi connectivity index (χ2n) is 7.01. The van der Waals surface area contributed by atoms with E-state index in [2.05, 4.69) is 17.1 Å². The van der Waals surface area contributed by atoms with Gasteiger partial charge in [0, 0.05) is 23.1 Å². The van der Waals surface area contributed by atoms with Gasteiger partial charge in [-0.25, -0.2) is 0 Å². The number of carbonyl (C=O) groups excluding carboxylic acids is 1. The number of nitrogens with zero attached hydrogens (tertiary/aromatic N) is 1. The highest BCUT2D eigenvalue weighted by molar-refractivity contribution is 5.87. The predicted molar refractivity (Wildman–Crippen MR) is 96.0 cm³/mol. The van der Waals surface area contributed by atoms with Crippen LogP contribution in [0.2, 0.25) is 0 Å². The van der Waals surface area contributed by atoms with E-state index in [-0.39, 0.29) is 31.1 Å². The molecule has 0 aliphatic carbocycles. The summed E-state index contributed by atoms with van der Waals surface area (Å²) >= 11 is 0. The molecule has 3 heterocycles. The molecular formula is C20H24N2O3. The molecule has 1 aromatic carbocycles. The van der Waals surface area contributed by atoms with E-state index in [0.717, 1.165) is 29.6 Å². The van der Waals surface area contributed by atoms with Gasteiger partial charge < -0.3 is 20.1 Å². The SMILES string of the molecule is C/C=C(\CO)[C@@H]1C[C@H]2c3[nH]c4ccccc4c3CCN2C(=O)[C@H]1CO. The first-order valence-corrected chi connectivity index (χ1v) is 8.96. The van der Waals surface area contributed by atoms with Crippen LogP contribution in [0.3, 0.4) is 0 Å². The first-order chi connectivity index (χ1) is 12.2. The van der Waals surface area contributed by atoms with E-state index in [9.17, 15) is 15.0 Å². The van der Waals surface area contributed by atoms with E-state index >= 15 is 0 Å². The maximum Gasteiger partial charge on any atom is 0.229 e. The molecule has 0 unspecified atom stereocenters. The summed E-state index contributed by atoms with van der Waals surface area (Å²) in [6, 6.07) is 8.25. The van der Waals surface area contributed by atoms with Gasteiger partial charge in [0.05, 0.1) is 25.2 Å². The van der Waals surface area contributed by atoms with Crippen molar-refractivity contribution in [1.29, 1.82) is 0 Å². The minimum Gasteiger partial charge on any atom is -0.396 e. The van der Waals surface area contributed by atoms with Crippen LogP contribution in [0.5, 0.6) is 0 Å². The fraction of sp³-hybridized carbons (Fsp3) is 0.450. The highest BCUT2D eigenvalue weighted by atomic mass is 16.3. The van der Waals surface area contributed by atoms with Crippen LogP contribution in [0.1, 0.15) is 30.6 Å². The van der Waals surface area contributed by atoms with Gasteiger partial charge in [-0.3, -0.25) is 4.79 Å². The molecule has 1 amide bonds. The molecular weight excluding hydrogens is 316 g/mol. The zero-order valence-electron chi connectivity index (χ0n) is 14.4. The summed E-state index contributed by atoms with van der Waals surface area (Å²) in [4.78, 5) is 18.4. The molecule has 5 nitrogen and oxygen atoms in total. The summed E-state index contributed by atoms with van der Waals surface area (Å²) in [6.07, 6.45) is 3.45. The number of aliphatic hydroxyl groups excluding tert-OH is 2. The standard InChI is InChI=1S/C20H24N2O3/c1-2-12(10-23)15-9-18-19-14(13-5-3-4-6-17(13)21-19)7-8-22(18)20(25)16(15)11-24/h2-6,15-16,18,21,23-24H,7-11H2,1H3/b12-2+/t15-,16-,18-/m0/s1. The molecule has 4 rings (SSSR count). The lowest BCUT2D eigenvalue weighted by Gasteiger charge is -2.46. The van der Waals surface area contributed by atoms with Crippen molar-refractivity contribution in [3.8, 4) is 0 Å². The van der Waals surface area contributed by atoms with Crippen LogP contribution < -0.4 is 0 Å². The number of nitrogens with one attached hydrogen (secondary N) is 1. The van der Waals surface area contributed by atoms with Crippen LogP contribution in [0.15, 0.2) is 35.9 Å². The van der Waals surface area contributed by atoms with E-state index in [1.807, 2.05) is 30.0 Å². The summed E-state index contributed by atoms with van der Waals surface area (Å²) in [7, 11) is 0. The van der Waals surface area contributed by atoms with Crippen molar-refractivity contribution in [1.82, 2.24) is 9.88 Å². The lowest BCUT2D eigenvalue weighted by atomic mass is 9.74. The number of benzene rings is 1. The second-order valence-corrected chi connectivity index (χ2v) is 7.01. The Morgan fingerprint density at radius 3 is 2.88 bits per heavy atom. The van der Waals surface area contributed by atoms with Crippen molar-refractivity contribution in [2.24, 2.45) is 11.8 Å². The summed E-state index contributed by atoms with van der Waals surface area (Å²) in [5.74, 6) is -0.576. The first-order valence-electron chi connectivity index (χ1n) is 8.96. The first kappa shape index (κ1) is 16.4. The number of para-hydroxylation sites is 1. The molecule has 132 valence electrons. The molecule has 1 saturated heterocycles. The van der Waals surface area contributed by atoms with Gasteiger partial charge in [-0.2, -0.15) is 0 Å². The van der Waals surface area contributed by atoms with E-state index in [1.54, 1.807) is 0 Å². The number of hydrogen-bond acceptors (Lipinski definition) is 3. The van der Waals surface area contributed by atoms with Gasteiger partial charge in [-0.05, 0) is 42.9 Å². The Labute approximate surface area is 147 Å². The lowest BCUT2D eigenvalue weighted by molar-refractivity contribution is -0.147. The van der Waals surface area contributed by atoms with Crippen molar-refractivity contribution in [3.63, 3.8) is 0 Å². The monoisotopic (exact) mass is 340 g/mol. The number of piperidine rings is 1. The van der Waals surface area contributed by atoms with Crippen LogP contribution in [-0.2, 0) is 11.2 Å². The summed E-state index contributed by atoms with van der Waals surface area (Å²) in [5, 5.41) is 20.7. The van der Waals surface area contributed by atoms with Crippen molar-refractivity contribution < 1.29 is 15.0 Å². The zero-order chi connectivity index (χ0) is 17.6. The van der Waals surface area contributed by atoms with Crippen molar-refractivity contribution in [2.45, 2.75) is 25.8 Å². The van der Waals surface area contributed by atoms with Crippen LogP contribution in [0.4, 0.5) is 0 Å². The lowest BCUT2D eigenvalue weighted by Crippen LogP contribution is -2.51. The molecule has 3 N–H and O–H groups in total. The van der Waals surface area contributed by atoms with Gasteiger partial charge in [0.25, 0.3) is 0 Å². The number of aromatic amines is 1. The van der Waals surface area contributed by atoms with E-state index in [0.29, 0.717) is 6.54 Å². The molecule has 5 heteroatoms. The van der Waals surface area contributed by atoms with Crippen molar-refractivity contribution in [2.75, 3.05) is 19.8 Å². The third-order valence-electron chi connectivity index (χ3n) is 5.95. The maximum atomic E-state index is 13.0. The van der Waals surface area contributed by atoms with Gasteiger partial charge in [0.15, 0.2) is 0 Å². The number of allylic oxidation sites excluding steroid dienone is 1. The number of H-pyrrole nitrogens is 1. The van der Waals surface area contributed by atoms with Gasteiger partial charge in [0.2, 0.25) is 5.91 Å². The molecule has 2 aliphatic heterocycles. The number of carbonyl (C=O) groups is 1. The van der Waals surface area contributed by atoms with E-state index in [1.165, 1.54) is 10.9 Å². The second kappa shape index (κ2) is 6.32. The highest BCUT2D eigenvalue weighted by Crippen LogP contribution is 2.45. The summed E-state index contributed by atoms with van der Waals surface area (Å²) < 4.78 is 0. The molecule has 1 fully saturated rings. The molecule has 2 aromatic rings. The Morgan fingerprint density at radius 1 is 1.36 bits per heavy atom. The Balaban J connectivity index is 1.79. The summed E-state index contributed by atoms with van der Waals surface area (Å²) in [6.45, 7) is 2.32. The van der Waals surface area contributed by atoms with Crippen LogP contribution >= 0.6 is 0 Å². The Morgan fingerprint density at radius 2 is 2.16 bits per heavy atom. The topological polar surface area (TPSA) is 76.6 Å². The molecule has 3 atom stereocenters. The predicted octanol–water partition coefficient (Wildman–Crippen LogP) is 2.16. The average molecular weight is 340 g/mol. The summed E-state index contributed by atoms with van der Waals surface area (Å²) in [5.41, 5.74) is 4.37. The number of aliphatic hydroxyl groups is 2. The quantitative estimate of drug-likeness (QED) is 0.750. The number of rotatable bonds is 3. The van der Waals surface area contributed by atoms with E-state index < -0.39 is 5.92 Å². The number of hydrogen-bond donors (Lipinski definition) is 3.